The van der Waals surface area contributed by atoms with Crippen molar-refractivity contribution in [3.05, 3.63) is 108 Å². The maximum Gasteiger partial charge on any atom is 1.00 e. The standard InChI is InChI=1S/C13H13NO2.C8H9ClO.C5H5NO.CH2O3.CH4.2K.H/c1-16-13-6-4-11(5-7-13)9-14-8-2-3-12(14)10-15;1-10-8-4-2-7(6-9)3-5-8;7-4-5-2-1-3-6-5;2-1-4-3;;;;/h2-8,10H,9H2,1H3;2-5H,6H2,1H3;1-4,6H;1,3H;1H4;;;/q;;;;;2*+1;-1/p-1. The predicted octanol–water partition coefficient (Wildman–Crippen LogP) is -1.19. The number of aromatic nitrogens is 2. The molecule has 0 radical (unpaired) electrons. The quantitative estimate of drug-likeness (QED) is 0.0862. The van der Waals surface area contributed by atoms with E-state index in [-0.39, 0.29) is 118 Å². The first-order chi connectivity index (χ1) is 18.0. The molecular formula is C28H33ClK2N2O7. The summed E-state index contributed by atoms with van der Waals surface area (Å²) < 4.78 is 12.0. The number of halogens is 1. The van der Waals surface area contributed by atoms with Gasteiger partial charge >= 0.3 is 103 Å². The van der Waals surface area contributed by atoms with E-state index >= 15 is 0 Å². The second kappa shape index (κ2) is 28.1. The number of H-pyrrole nitrogens is 1. The zero-order valence-electron chi connectivity index (χ0n) is 23.4. The topological polar surface area (TPSA) is 123 Å². The van der Waals surface area contributed by atoms with Crippen LogP contribution in [-0.4, -0.2) is 42.8 Å². The number of aromatic amines is 1. The van der Waals surface area contributed by atoms with Gasteiger partial charge in [0.2, 0.25) is 0 Å². The van der Waals surface area contributed by atoms with E-state index in [1.165, 1.54) is 0 Å². The molecule has 206 valence electrons. The molecule has 40 heavy (non-hydrogen) atoms. The number of carbonyl (C=O) groups excluding carboxylic acids is 3. The van der Waals surface area contributed by atoms with Gasteiger partial charge in [-0.05, 0) is 59.7 Å². The van der Waals surface area contributed by atoms with Crippen molar-refractivity contribution in [2.75, 3.05) is 14.2 Å². The van der Waals surface area contributed by atoms with Crippen LogP contribution >= 0.6 is 11.6 Å². The monoisotopic (exact) mass is 622 g/mol. The maximum atomic E-state index is 10.7. The van der Waals surface area contributed by atoms with Crippen LogP contribution in [0.3, 0.4) is 0 Å². The number of nitrogens with one attached hydrogen (secondary N) is 1. The van der Waals surface area contributed by atoms with Gasteiger partial charge < -0.3 is 30.6 Å². The summed E-state index contributed by atoms with van der Waals surface area (Å²) >= 11 is 5.58. The molecule has 0 fully saturated rings. The number of benzene rings is 2. The van der Waals surface area contributed by atoms with Gasteiger partial charge in [-0.3, -0.25) is 14.4 Å². The van der Waals surface area contributed by atoms with Crippen LogP contribution in [0.2, 0.25) is 0 Å². The van der Waals surface area contributed by atoms with Crippen LogP contribution in [0.1, 0.15) is 41.0 Å². The molecule has 2 heterocycles. The second-order valence-corrected chi connectivity index (χ2v) is 7.21. The summed E-state index contributed by atoms with van der Waals surface area (Å²) in [6, 6.07) is 22.7. The molecule has 4 aromatic rings. The zero-order chi connectivity index (χ0) is 27.3. The van der Waals surface area contributed by atoms with Gasteiger partial charge in [-0.25, -0.2) is 0 Å². The van der Waals surface area contributed by atoms with E-state index in [0.717, 1.165) is 35.2 Å². The summed E-state index contributed by atoms with van der Waals surface area (Å²) in [5.74, 6) is 2.27. The molecule has 0 spiro atoms. The van der Waals surface area contributed by atoms with E-state index in [4.69, 9.17) is 31.1 Å². The van der Waals surface area contributed by atoms with Gasteiger partial charge in [-0.1, -0.05) is 31.7 Å². The number of alkyl halides is 1. The summed E-state index contributed by atoms with van der Waals surface area (Å²) in [4.78, 5) is 34.5. The van der Waals surface area contributed by atoms with Crippen molar-refractivity contribution < 1.29 is 138 Å². The minimum atomic E-state index is -0.181. The van der Waals surface area contributed by atoms with Gasteiger partial charge in [0.15, 0.2) is 12.6 Å². The Morgan fingerprint density at radius 2 is 1.38 bits per heavy atom. The zero-order valence-corrected chi connectivity index (χ0v) is 29.4. The molecule has 0 unspecified atom stereocenters. The molecule has 1 N–H and O–H groups in total. The summed E-state index contributed by atoms with van der Waals surface area (Å²) in [5.41, 5.74) is 3.57. The smallest absolute Gasteiger partial charge is 1.00 e. The molecule has 0 aliphatic carbocycles. The third-order valence-corrected chi connectivity index (χ3v) is 4.91. The van der Waals surface area contributed by atoms with Gasteiger partial charge in [0.25, 0.3) is 6.47 Å². The molecule has 4 rings (SSSR count). The molecule has 12 heteroatoms. The predicted molar refractivity (Wildman–Crippen MR) is 146 cm³/mol. The SMILES string of the molecule is C.COc1ccc(CCl)cc1.COc1ccc(Cn2cccc2C=O)cc1.O=CO[O-].O=Cc1ccc[nH]1.[H-].[K+].[K+]. The number of carbonyl (C=O) groups is 3. The van der Waals surface area contributed by atoms with Crippen molar-refractivity contribution >= 4 is 30.6 Å². The molecule has 0 saturated carbocycles. The molecule has 2 aromatic heterocycles. The molecule has 0 atom stereocenters. The number of nitrogens with zero attached hydrogens (tertiary/aromatic N) is 1. The van der Waals surface area contributed by atoms with Crippen molar-refractivity contribution in [2.45, 2.75) is 19.9 Å². The van der Waals surface area contributed by atoms with Crippen LogP contribution in [0, 0.1) is 0 Å². The van der Waals surface area contributed by atoms with Crippen molar-refractivity contribution in [3.63, 3.8) is 0 Å². The van der Waals surface area contributed by atoms with E-state index in [1.54, 1.807) is 38.6 Å². The number of rotatable bonds is 8. The average Bonchev–Trinajstić information content (AvgIpc) is 3.66. The third-order valence-electron chi connectivity index (χ3n) is 4.60. The summed E-state index contributed by atoms with van der Waals surface area (Å²) in [7, 11) is 3.29. The van der Waals surface area contributed by atoms with Gasteiger partial charge in [0.05, 0.1) is 25.6 Å². The largest absolute Gasteiger partial charge is 1.00 e. The minimum absolute atomic E-state index is 0. The first-order valence-corrected chi connectivity index (χ1v) is 11.3. The first kappa shape index (κ1) is 43.4. The van der Waals surface area contributed by atoms with E-state index in [0.29, 0.717) is 23.8 Å². The van der Waals surface area contributed by atoms with Crippen LogP contribution in [-0.2, 0) is 22.1 Å². The van der Waals surface area contributed by atoms with Crippen LogP contribution in [0.5, 0.6) is 11.5 Å². The Morgan fingerprint density at radius 3 is 1.73 bits per heavy atom. The molecule has 9 nitrogen and oxygen atoms in total. The van der Waals surface area contributed by atoms with E-state index in [9.17, 15) is 9.59 Å². The molecule has 0 aliphatic heterocycles. The van der Waals surface area contributed by atoms with Crippen LogP contribution in [0.25, 0.3) is 0 Å². The Kier molecular flexibility index (Phi) is 30.4. The van der Waals surface area contributed by atoms with Crippen LogP contribution < -0.4 is 118 Å². The third kappa shape index (κ3) is 18.4. The van der Waals surface area contributed by atoms with Gasteiger partial charge in [-0.2, -0.15) is 0 Å². The molecule has 0 bridgehead atoms. The maximum absolute atomic E-state index is 10.7. The number of hydrogen-bond acceptors (Lipinski definition) is 7. The number of hydrogen-bond donors (Lipinski definition) is 1. The number of aldehydes is 2. The first-order valence-electron chi connectivity index (χ1n) is 10.8. The average molecular weight is 623 g/mol. The van der Waals surface area contributed by atoms with Crippen molar-refractivity contribution in [3.8, 4) is 11.5 Å². The Labute approximate surface area is 326 Å². The second-order valence-electron chi connectivity index (χ2n) is 6.94. The van der Waals surface area contributed by atoms with E-state index < -0.39 is 0 Å². The van der Waals surface area contributed by atoms with Crippen LogP contribution in [0.4, 0.5) is 0 Å². The fourth-order valence-electron chi connectivity index (χ4n) is 2.74. The Bertz CT molecular complexity index is 1140. The van der Waals surface area contributed by atoms with Crippen molar-refractivity contribution in [1.82, 2.24) is 9.55 Å². The van der Waals surface area contributed by atoms with Crippen molar-refractivity contribution in [1.29, 1.82) is 0 Å². The number of ether oxygens (including phenoxy) is 2. The fourth-order valence-corrected chi connectivity index (χ4v) is 2.92. The fraction of sp³-hybridized carbons (Fsp3) is 0.179. The molecule has 0 amide bonds. The molecule has 0 saturated heterocycles. The van der Waals surface area contributed by atoms with E-state index in [2.05, 4.69) is 9.87 Å². The Morgan fingerprint density at radius 1 is 0.850 bits per heavy atom. The van der Waals surface area contributed by atoms with Gasteiger partial charge in [-0.15, -0.1) is 11.6 Å². The summed E-state index contributed by atoms with van der Waals surface area (Å²) in [5, 5.41) is 8.43. The summed E-state index contributed by atoms with van der Waals surface area (Å²) in [6.07, 6.45) is 5.25. The van der Waals surface area contributed by atoms with Gasteiger partial charge in [0.1, 0.15) is 11.5 Å². The Hall–Kier alpha value is -1.07. The van der Waals surface area contributed by atoms with Crippen molar-refractivity contribution in [2.24, 2.45) is 0 Å². The molecular weight excluding hydrogens is 590 g/mol. The molecule has 0 aliphatic rings. The molecule has 2 aromatic carbocycles. The van der Waals surface area contributed by atoms with Gasteiger partial charge in [0, 0.05) is 24.8 Å². The van der Waals surface area contributed by atoms with Crippen LogP contribution in [0.15, 0.2) is 85.2 Å². The Balaban J connectivity index is -0.000000239. The summed E-state index contributed by atoms with van der Waals surface area (Å²) in [6.45, 7) is 0.519. The minimum Gasteiger partial charge on any atom is -1.00 e. The number of methoxy groups -OCH3 is 2. The van der Waals surface area contributed by atoms with E-state index in [1.807, 2.05) is 65.4 Å². The normalized spacial score (nSPS) is 8.40.